The van der Waals surface area contributed by atoms with E-state index in [1.54, 1.807) is 0 Å². The van der Waals surface area contributed by atoms with Gasteiger partial charge in [0.1, 0.15) is 0 Å². The predicted molar refractivity (Wildman–Crippen MR) is 68.9 cm³/mol. The largest absolute Gasteiger partial charge is 0.344 e. The number of likely N-dealkylation sites (tertiary alicyclic amines) is 1. The highest BCUT2D eigenvalue weighted by Crippen LogP contribution is 2.17. The second-order valence-corrected chi connectivity index (χ2v) is 5.61. The molecule has 2 saturated heterocycles. The Hall–Kier alpha value is -0.610. The van der Waals surface area contributed by atoms with E-state index in [1.165, 1.54) is 19.3 Å². The van der Waals surface area contributed by atoms with E-state index < -0.39 is 0 Å². The molecule has 0 aromatic heterocycles. The first kappa shape index (κ1) is 12.8. The number of likely N-dealkylation sites (N-methyl/N-ethyl adjacent to an activating group) is 1. The smallest absolute Gasteiger partial charge is 0.226 e. The van der Waals surface area contributed by atoms with Gasteiger partial charge in [0.25, 0.3) is 0 Å². The number of carbonyl (C=O) groups is 1. The number of nitrogens with one attached hydrogen (secondary N) is 1. The third-order valence-corrected chi connectivity index (χ3v) is 4.02. The number of carbonyl (C=O) groups excluding carboxylic acids is 1. The average molecular weight is 239 g/mol. The van der Waals surface area contributed by atoms with Crippen molar-refractivity contribution >= 4 is 5.91 Å². The summed E-state index contributed by atoms with van der Waals surface area (Å²) in [6.45, 7) is 3.98. The van der Waals surface area contributed by atoms with E-state index >= 15 is 0 Å². The number of nitrogens with zero attached hydrogens (tertiary/aromatic N) is 2. The third-order valence-electron chi connectivity index (χ3n) is 4.02. The van der Waals surface area contributed by atoms with Crippen LogP contribution in [0.1, 0.15) is 25.7 Å². The van der Waals surface area contributed by atoms with Crippen LogP contribution in [0.4, 0.5) is 0 Å². The van der Waals surface area contributed by atoms with Gasteiger partial charge in [-0.1, -0.05) is 6.42 Å². The van der Waals surface area contributed by atoms with Gasteiger partial charge in [-0.2, -0.15) is 0 Å². The van der Waals surface area contributed by atoms with Crippen molar-refractivity contribution < 1.29 is 4.79 Å². The molecule has 98 valence electrons. The molecule has 2 rings (SSSR count). The van der Waals surface area contributed by atoms with Gasteiger partial charge < -0.3 is 15.1 Å². The van der Waals surface area contributed by atoms with E-state index in [0.29, 0.717) is 11.9 Å². The molecule has 17 heavy (non-hydrogen) atoms. The van der Waals surface area contributed by atoms with Crippen molar-refractivity contribution in [2.75, 3.05) is 40.3 Å². The van der Waals surface area contributed by atoms with Gasteiger partial charge in [0.05, 0.1) is 5.92 Å². The molecular formula is C13H25N3O. The molecule has 0 spiro atoms. The molecule has 2 heterocycles. The lowest BCUT2D eigenvalue weighted by Gasteiger charge is -2.29. The number of hydrogen-bond acceptors (Lipinski definition) is 3. The highest BCUT2D eigenvalue weighted by atomic mass is 16.2. The first-order valence-electron chi connectivity index (χ1n) is 6.83. The number of rotatable bonds is 3. The maximum absolute atomic E-state index is 12.2. The van der Waals surface area contributed by atoms with E-state index in [2.05, 4.69) is 17.3 Å². The molecule has 0 saturated carbocycles. The lowest BCUT2D eigenvalue weighted by Crippen LogP contribution is -2.46. The minimum atomic E-state index is 0.230. The van der Waals surface area contributed by atoms with Gasteiger partial charge in [0.15, 0.2) is 0 Å². The summed E-state index contributed by atoms with van der Waals surface area (Å²) in [4.78, 5) is 16.4. The Morgan fingerprint density at radius 3 is 2.82 bits per heavy atom. The van der Waals surface area contributed by atoms with E-state index in [9.17, 15) is 4.79 Å². The van der Waals surface area contributed by atoms with E-state index in [4.69, 9.17) is 0 Å². The zero-order valence-electron chi connectivity index (χ0n) is 11.1. The zero-order chi connectivity index (χ0) is 12.3. The zero-order valence-corrected chi connectivity index (χ0v) is 11.1. The van der Waals surface area contributed by atoms with E-state index in [1.807, 2.05) is 11.9 Å². The molecule has 4 heteroatoms. The second kappa shape index (κ2) is 5.83. The molecule has 4 nitrogen and oxygen atoms in total. The van der Waals surface area contributed by atoms with Gasteiger partial charge in [-0.25, -0.2) is 0 Å². The maximum atomic E-state index is 12.2. The summed E-state index contributed by atoms with van der Waals surface area (Å²) in [6.07, 6.45) is 4.81. The van der Waals surface area contributed by atoms with E-state index in [0.717, 1.165) is 32.6 Å². The van der Waals surface area contributed by atoms with Gasteiger partial charge in [-0.15, -0.1) is 0 Å². The molecule has 2 fully saturated rings. The van der Waals surface area contributed by atoms with Crippen molar-refractivity contribution in [3.8, 4) is 0 Å². The Labute approximate surface area is 104 Å². The van der Waals surface area contributed by atoms with Crippen molar-refractivity contribution in [2.45, 2.75) is 31.7 Å². The summed E-state index contributed by atoms with van der Waals surface area (Å²) < 4.78 is 0. The molecule has 2 atom stereocenters. The highest BCUT2D eigenvalue weighted by Gasteiger charge is 2.29. The van der Waals surface area contributed by atoms with Gasteiger partial charge in [-0.05, 0) is 39.4 Å². The van der Waals surface area contributed by atoms with Crippen LogP contribution < -0.4 is 5.32 Å². The normalized spacial score (nSPS) is 30.5. The number of hydrogen-bond donors (Lipinski definition) is 1. The van der Waals surface area contributed by atoms with Crippen LogP contribution in [-0.4, -0.2) is 62.0 Å². The monoisotopic (exact) mass is 239 g/mol. The summed E-state index contributed by atoms with van der Waals surface area (Å²) in [5, 5.41) is 3.50. The van der Waals surface area contributed by atoms with Crippen molar-refractivity contribution in [1.29, 1.82) is 0 Å². The Balaban J connectivity index is 1.78. The minimum Gasteiger partial charge on any atom is -0.344 e. The van der Waals surface area contributed by atoms with Gasteiger partial charge in [0, 0.05) is 26.2 Å². The topological polar surface area (TPSA) is 35.6 Å². The molecule has 2 aliphatic rings. The van der Waals surface area contributed by atoms with Crippen LogP contribution in [0.5, 0.6) is 0 Å². The summed E-state index contributed by atoms with van der Waals surface area (Å²) >= 11 is 0. The Morgan fingerprint density at radius 1 is 1.41 bits per heavy atom. The second-order valence-electron chi connectivity index (χ2n) is 5.61. The molecule has 0 aliphatic carbocycles. The quantitative estimate of drug-likeness (QED) is 0.781. The van der Waals surface area contributed by atoms with Gasteiger partial charge in [0.2, 0.25) is 5.91 Å². The highest BCUT2D eigenvalue weighted by molar-refractivity contribution is 5.79. The average Bonchev–Trinajstić information content (AvgIpc) is 2.76. The molecule has 0 aromatic rings. The lowest BCUT2D eigenvalue weighted by atomic mass is 10.0. The molecule has 0 aromatic carbocycles. The van der Waals surface area contributed by atoms with Crippen LogP contribution in [0.15, 0.2) is 0 Å². The van der Waals surface area contributed by atoms with Gasteiger partial charge >= 0.3 is 0 Å². The standard InChI is InChI=1S/C13H25N3O/c1-15-8-6-11(9-15)13(17)16(2)10-12-5-3-4-7-14-12/h11-12,14H,3-10H2,1-2H3. The lowest BCUT2D eigenvalue weighted by molar-refractivity contribution is -0.134. The molecule has 2 aliphatic heterocycles. The Bertz CT molecular complexity index is 263. The third kappa shape index (κ3) is 3.42. The molecule has 0 radical (unpaired) electrons. The minimum absolute atomic E-state index is 0.230. The van der Waals surface area contributed by atoms with Crippen molar-refractivity contribution in [3.05, 3.63) is 0 Å². The Kier molecular flexibility index (Phi) is 4.40. The summed E-state index contributed by atoms with van der Waals surface area (Å²) in [7, 11) is 4.05. The van der Waals surface area contributed by atoms with Crippen LogP contribution in [0.25, 0.3) is 0 Å². The van der Waals surface area contributed by atoms with Crippen LogP contribution in [0.3, 0.4) is 0 Å². The molecule has 1 amide bonds. The van der Waals surface area contributed by atoms with Crippen LogP contribution in [0.2, 0.25) is 0 Å². The number of piperidine rings is 1. The molecule has 2 unspecified atom stereocenters. The fourth-order valence-corrected chi connectivity index (χ4v) is 2.95. The predicted octanol–water partition coefficient (Wildman–Crippen LogP) is 0.539. The summed E-state index contributed by atoms with van der Waals surface area (Å²) in [6, 6.07) is 0.511. The van der Waals surface area contributed by atoms with Crippen LogP contribution in [0, 0.1) is 5.92 Å². The Morgan fingerprint density at radius 2 is 2.24 bits per heavy atom. The van der Waals surface area contributed by atoms with Crippen molar-refractivity contribution in [3.63, 3.8) is 0 Å². The first-order valence-corrected chi connectivity index (χ1v) is 6.83. The number of amides is 1. The first-order chi connectivity index (χ1) is 8.16. The van der Waals surface area contributed by atoms with Gasteiger partial charge in [-0.3, -0.25) is 4.79 Å². The SMILES string of the molecule is CN1CCC(C(=O)N(C)CC2CCCCN2)C1. The van der Waals surface area contributed by atoms with Crippen molar-refractivity contribution in [2.24, 2.45) is 5.92 Å². The molecule has 1 N–H and O–H groups in total. The van der Waals surface area contributed by atoms with Crippen LogP contribution >= 0.6 is 0 Å². The fraction of sp³-hybridized carbons (Fsp3) is 0.923. The maximum Gasteiger partial charge on any atom is 0.226 e. The molecular weight excluding hydrogens is 214 g/mol. The molecule has 0 bridgehead atoms. The fourth-order valence-electron chi connectivity index (χ4n) is 2.95. The van der Waals surface area contributed by atoms with Crippen LogP contribution in [-0.2, 0) is 4.79 Å². The van der Waals surface area contributed by atoms with Crippen molar-refractivity contribution in [1.82, 2.24) is 15.1 Å². The summed E-state index contributed by atoms with van der Waals surface area (Å²) in [5.74, 6) is 0.565. The summed E-state index contributed by atoms with van der Waals surface area (Å²) in [5.41, 5.74) is 0. The van der Waals surface area contributed by atoms with E-state index in [-0.39, 0.29) is 5.92 Å².